The molecule has 0 aliphatic heterocycles. The van der Waals surface area contributed by atoms with Gasteiger partial charge in [-0.2, -0.15) is 0 Å². The summed E-state index contributed by atoms with van der Waals surface area (Å²) in [6.45, 7) is 0. The molecule has 1 aliphatic rings. The van der Waals surface area contributed by atoms with Crippen LogP contribution in [-0.2, 0) is 6.42 Å². The number of nitrogens with two attached hydrogens (primary N) is 1. The van der Waals surface area contributed by atoms with Gasteiger partial charge in [0.15, 0.2) is 0 Å². The highest BCUT2D eigenvalue weighted by Crippen LogP contribution is 2.36. The third-order valence-electron chi connectivity index (χ3n) is 2.43. The first-order valence-corrected chi connectivity index (χ1v) is 5.07. The van der Waals surface area contributed by atoms with Crippen LogP contribution in [0.3, 0.4) is 0 Å². The van der Waals surface area contributed by atoms with Crippen LogP contribution in [0.25, 0.3) is 0 Å². The molecule has 0 spiro atoms. The van der Waals surface area contributed by atoms with Crippen molar-refractivity contribution in [1.29, 1.82) is 0 Å². The van der Waals surface area contributed by atoms with Gasteiger partial charge in [0.2, 0.25) is 0 Å². The standard InChI is InChI=1S/C10H11Cl2N/c11-8-2-1-7(5-9(8)12)6-10(13)3-4-10/h1-2,5H,3-4,6,13H2. The summed E-state index contributed by atoms with van der Waals surface area (Å²) in [6.07, 6.45) is 3.14. The summed E-state index contributed by atoms with van der Waals surface area (Å²) in [5.41, 5.74) is 7.20. The van der Waals surface area contributed by atoms with E-state index in [0.717, 1.165) is 19.3 Å². The Bertz CT molecular complexity index is 332. The van der Waals surface area contributed by atoms with Crippen LogP contribution in [0.15, 0.2) is 18.2 Å². The molecule has 13 heavy (non-hydrogen) atoms. The molecule has 1 aromatic carbocycles. The highest BCUT2D eigenvalue weighted by atomic mass is 35.5. The summed E-state index contributed by atoms with van der Waals surface area (Å²) in [5, 5.41) is 1.22. The lowest BCUT2D eigenvalue weighted by atomic mass is 10.1. The van der Waals surface area contributed by atoms with E-state index >= 15 is 0 Å². The van der Waals surface area contributed by atoms with Crippen molar-refractivity contribution >= 4 is 23.2 Å². The molecule has 70 valence electrons. The Kier molecular flexibility index (Phi) is 2.26. The van der Waals surface area contributed by atoms with Crippen LogP contribution in [0.2, 0.25) is 10.0 Å². The molecule has 1 nitrogen and oxygen atoms in total. The second-order valence-electron chi connectivity index (χ2n) is 3.79. The molecular formula is C10H11Cl2N. The molecule has 1 fully saturated rings. The topological polar surface area (TPSA) is 26.0 Å². The second-order valence-corrected chi connectivity index (χ2v) is 4.60. The third kappa shape index (κ3) is 2.16. The molecule has 0 unspecified atom stereocenters. The highest BCUT2D eigenvalue weighted by Gasteiger charge is 2.37. The molecule has 1 saturated carbocycles. The second kappa shape index (κ2) is 3.16. The molecule has 0 heterocycles. The van der Waals surface area contributed by atoms with E-state index in [0.29, 0.717) is 10.0 Å². The molecule has 2 N–H and O–H groups in total. The Labute approximate surface area is 87.8 Å². The van der Waals surface area contributed by atoms with Crippen LogP contribution in [0.1, 0.15) is 18.4 Å². The van der Waals surface area contributed by atoms with Crippen molar-refractivity contribution in [3.63, 3.8) is 0 Å². The maximum atomic E-state index is 5.99. The Balaban J connectivity index is 2.17. The zero-order valence-corrected chi connectivity index (χ0v) is 8.70. The molecule has 0 atom stereocenters. The van der Waals surface area contributed by atoms with Gasteiger partial charge in [0.05, 0.1) is 10.0 Å². The molecule has 0 bridgehead atoms. The number of hydrogen-bond acceptors (Lipinski definition) is 1. The van der Waals surface area contributed by atoms with Crippen LogP contribution in [0.5, 0.6) is 0 Å². The first kappa shape index (κ1) is 9.32. The first-order valence-electron chi connectivity index (χ1n) is 4.32. The van der Waals surface area contributed by atoms with Gasteiger partial charge in [-0.25, -0.2) is 0 Å². The average Bonchev–Trinajstić information content (AvgIpc) is 2.76. The third-order valence-corrected chi connectivity index (χ3v) is 3.17. The average molecular weight is 216 g/mol. The summed E-state index contributed by atoms with van der Waals surface area (Å²) >= 11 is 11.7. The van der Waals surface area contributed by atoms with E-state index in [1.54, 1.807) is 0 Å². The van der Waals surface area contributed by atoms with E-state index in [1.165, 1.54) is 5.56 Å². The van der Waals surface area contributed by atoms with Crippen LogP contribution in [-0.4, -0.2) is 5.54 Å². The van der Waals surface area contributed by atoms with Crippen LogP contribution in [0.4, 0.5) is 0 Å². The lowest BCUT2D eigenvalue weighted by molar-refractivity contribution is 0.672. The Morgan fingerprint density at radius 3 is 2.46 bits per heavy atom. The fourth-order valence-electron chi connectivity index (χ4n) is 1.39. The van der Waals surface area contributed by atoms with Gasteiger partial charge >= 0.3 is 0 Å². The summed E-state index contributed by atoms with van der Waals surface area (Å²) < 4.78 is 0. The number of hydrogen-bond donors (Lipinski definition) is 1. The van der Waals surface area contributed by atoms with Crippen LogP contribution >= 0.6 is 23.2 Å². The molecular weight excluding hydrogens is 205 g/mol. The smallest absolute Gasteiger partial charge is 0.0595 e. The SMILES string of the molecule is NC1(Cc2ccc(Cl)c(Cl)c2)CC1. The van der Waals surface area contributed by atoms with Gasteiger partial charge in [0, 0.05) is 5.54 Å². The molecule has 0 amide bonds. The summed E-state index contributed by atoms with van der Waals surface area (Å²) in [6, 6.07) is 5.71. The molecule has 2 rings (SSSR count). The van der Waals surface area contributed by atoms with Crippen molar-refractivity contribution in [1.82, 2.24) is 0 Å². The lowest BCUT2D eigenvalue weighted by Gasteiger charge is -2.08. The van der Waals surface area contributed by atoms with Crippen molar-refractivity contribution in [2.24, 2.45) is 5.73 Å². The maximum absolute atomic E-state index is 5.99. The largest absolute Gasteiger partial charge is 0.325 e. The zero-order chi connectivity index (χ0) is 9.47. The fourth-order valence-corrected chi connectivity index (χ4v) is 1.71. The minimum absolute atomic E-state index is 0.0388. The maximum Gasteiger partial charge on any atom is 0.0595 e. The Morgan fingerprint density at radius 1 is 1.23 bits per heavy atom. The fraction of sp³-hybridized carbons (Fsp3) is 0.400. The van der Waals surface area contributed by atoms with Crippen molar-refractivity contribution in [3.05, 3.63) is 33.8 Å². The van der Waals surface area contributed by atoms with Crippen molar-refractivity contribution < 1.29 is 0 Å². The quantitative estimate of drug-likeness (QED) is 0.807. The van der Waals surface area contributed by atoms with Crippen molar-refractivity contribution in [2.75, 3.05) is 0 Å². The molecule has 0 saturated heterocycles. The molecule has 1 aromatic rings. The van der Waals surface area contributed by atoms with E-state index in [9.17, 15) is 0 Å². The predicted octanol–water partition coefficient (Wildman–Crippen LogP) is 3.03. The summed E-state index contributed by atoms with van der Waals surface area (Å²) in [5.74, 6) is 0. The Morgan fingerprint density at radius 2 is 1.92 bits per heavy atom. The molecule has 0 radical (unpaired) electrons. The van der Waals surface area contributed by atoms with Crippen LogP contribution in [0, 0.1) is 0 Å². The zero-order valence-electron chi connectivity index (χ0n) is 7.19. The summed E-state index contributed by atoms with van der Waals surface area (Å²) in [4.78, 5) is 0. The highest BCUT2D eigenvalue weighted by molar-refractivity contribution is 6.42. The van der Waals surface area contributed by atoms with E-state index in [-0.39, 0.29) is 5.54 Å². The monoisotopic (exact) mass is 215 g/mol. The lowest BCUT2D eigenvalue weighted by Crippen LogP contribution is -2.24. The van der Waals surface area contributed by atoms with E-state index in [2.05, 4.69) is 0 Å². The van der Waals surface area contributed by atoms with Gasteiger partial charge in [0.1, 0.15) is 0 Å². The molecule has 3 heteroatoms. The van der Waals surface area contributed by atoms with Gasteiger partial charge in [-0.05, 0) is 37.0 Å². The summed E-state index contributed by atoms with van der Waals surface area (Å²) in [7, 11) is 0. The van der Waals surface area contributed by atoms with Crippen molar-refractivity contribution in [2.45, 2.75) is 24.8 Å². The van der Waals surface area contributed by atoms with E-state index in [1.807, 2.05) is 18.2 Å². The Hall–Kier alpha value is -0.240. The van der Waals surface area contributed by atoms with Crippen LogP contribution < -0.4 is 5.73 Å². The van der Waals surface area contributed by atoms with Gasteiger partial charge in [-0.15, -0.1) is 0 Å². The first-order chi connectivity index (χ1) is 6.09. The van der Waals surface area contributed by atoms with Gasteiger partial charge in [-0.3, -0.25) is 0 Å². The normalized spacial score (nSPS) is 18.7. The molecule has 1 aliphatic carbocycles. The molecule has 0 aromatic heterocycles. The minimum Gasteiger partial charge on any atom is -0.325 e. The predicted molar refractivity (Wildman–Crippen MR) is 56.3 cm³/mol. The van der Waals surface area contributed by atoms with Gasteiger partial charge in [0.25, 0.3) is 0 Å². The van der Waals surface area contributed by atoms with Crippen molar-refractivity contribution in [3.8, 4) is 0 Å². The van der Waals surface area contributed by atoms with Gasteiger partial charge in [-0.1, -0.05) is 29.3 Å². The van der Waals surface area contributed by atoms with Gasteiger partial charge < -0.3 is 5.73 Å². The number of rotatable bonds is 2. The minimum atomic E-state index is 0.0388. The number of halogens is 2. The number of benzene rings is 1. The van der Waals surface area contributed by atoms with E-state index in [4.69, 9.17) is 28.9 Å². The van der Waals surface area contributed by atoms with E-state index < -0.39 is 0 Å².